The van der Waals surface area contributed by atoms with Crippen LogP contribution < -0.4 is 0 Å². The molecule has 0 amide bonds. The Morgan fingerprint density at radius 2 is 1.79 bits per heavy atom. The molecule has 0 fully saturated rings. The van der Waals surface area contributed by atoms with E-state index in [0.717, 1.165) is 11.6 Å². The smallest absolute Gasteiger partial charge is 0.181 e. The number of benzene rings is 1. The number of hydrogen-bond donors (Lipinski definition) is 0. The summed E-state index contributed by atoms with van der Waals surface area (Å²) in [6.07, 6.45) is 4.28. The third-order valence-corrected chi connectivity index (χ3v) is 1.71. The quantitative estimate of drug-likeness (QED) is 0.721. The van der Waals surface area contributed by atoms with Gasteiger partial charge in [-0.05, 0) is 11.6 Å². The summed E-state index contributed by atoms with van der Waals surface area (Å²) >= 11 is 10.7. The van der Waals surface area contributed by atoms with Crippen molar-refractivity contribution in [3.63, 3.8) is 0 Å². The minimum Gasteiger partial charge on any atom is -0.290 e. The molecule has 0 bridgehead atoms. The van der Waals surface area contributed by atoms with Gasteiger partial charge in [-0.1, -0.05) is 59.6 Å². The van der Waals surface area contributed by atoms with Crippen molar-refractivity contribution in [1.82, 2.24) is 0 Å². The second-order valence-corrected chi connectivity index (χ2v) is 3.59. The van der Waals surface area contributed by atoms with Crippen LogP contribution in [0.5, 0.6) is 0 Å². The lowest BCUT2D eigenvalue weighted by molar-refractivity contribution is -0.110. The molecule has 14 heavy (non-hydrogen) atoms. The molecular weight excluding hydrogens is 219 g/mol. The fraction of sp³-hybridized carbons (Fsp3) is 0. The molecule has 0 atom stereocenters. The first-order chi connectivity index (χ1) is 6.68. The van der Waals surface area contributed by atoms with Crippen molar-refractivity contribution >= 4 is 35.1 Å². The fourth-order valence-corrected chi connectivity index (χ4v) is 1.11. The predicted molar refractivity (Wildman–Crippen MR) is 60.3 cm³/mol. The van der Waals surface area contributed by atoms with E-state index >= 15 is 0 Å². The number of rotatable bonds is 3. The summed E-state index contributed by atoms with van der Waals surface area (Å²) < 4.78 is -0.0345. The van der Waals surface area contributed by atoms with E-state index in [1.807, 2.05) is 30.3 Å². The molecule has 0 spiro atoms. The molecule has 0 heterocycles. The molecule has 0 N–H and O–H groups in total. The van der Waals surface area contributed by atoms with E-state index in [1.54, 1.807) is 6.08 Å². The van der Waals surface area contributed by atoms with Gasteiger partial charge in [-0.2, -0.15) is 0 Å². The van der Waals surface area contributed by atoms with Crippen molar-refractivity contribution in [2.75, 3.05) is 0 Å². The van der Waals surface area contributed by atoms with Crippen molar-refractivity contribution in [2.45, 2.75) is 0 Å². The molecule has 1 aromatic rings. The van der Waals surface area contributed by atoms with Crippen LogP contribution in [0.15, 0.2) is 47.0 Å². The van der Waals surface area contributed by atoms with Crippen LogP contribution >= 0.6 is 23.2 Å². The summed E-state index contributed by atoms with van der Waals surface area (Å²) in [7, 11) is 0. The van der Waals surface area contributed by atoms with E-state index in [0.29, 0.717) is 0 Å². The van der Waals surface area contributed by atoms with Crippen molar-refractivity contribution in [3.8, 4) is 0 Å². The van der Waals surface area contributed by atoms with Crippen LogP contribution in [0.2, 0.25) is 0 Å². The topological polar surface area (TPSA) is 17.1 Å². The van der Waals surface area contributed by atoms with Crippen LogP contribution in [0.3, 0.4) is 0 Å². The Balaban J connectivity index is 2.66. The molecule has 0 unspecified atom stereocenters. The number of ketones is 1. The highest BCUT2D eigenvalue weighted by Gasteiger charge is 1.92. The molecule has 72 valence electrons. The van der Waals surface area contributed by atoms with Crippen LogP contribution in [-0.4, -0.2) is 5.78 Å². The second-order valence-electron chi connectivity index (χ2n) is 2.58. The molecule has 0 aliphatic heterocycles. The van der Waals surface area contributed by atoms with Gasteiger partial charge in [-0.15, -0.1) is 0 Å². The van der Waals surface area contributed by atoms with Crippen molar-refractivity contribution in [1.29, 1.82) is 0 Å². The highest BCUT2D eigenvalue weighted by atomic mass is 35.5. The molecule has 1 rings (SSSR count). The van der Waals surface area contributed by atoms with Crippen molar-refractivity contribution in [3.05, 3.63) is 52.5 Å². The average molecular weight is 227 g/mol. The van der Waals surface area contributed by atoms with Crippen LogP contribution in [-0.2, 0) is 4.79 Å². The first-order valence-electron chi connectivity index (χ1n) is 3.98. The fourth-order valence-electron chi connectivity index (χ4n) is 0.898. The van der Waals surface area contributed by atoms with Crippen LogP contribution in [0.4, 0.5) is 0 Å². The number of hydrogen-bond acceptors (Lipinski definition) is 1. The van der Waals surface area contributed by atoms with E-state index in [1.165, 1.54) is 6.08 Å². The SMILES string of the molecule is O=C(C=Cc1ccccc1)C=C(Cl)Cl. The molecule has 0 saturated carbocycles. The van der Waals surface area contributed by atoms with Gasteiger partial charge in [0.05, 0.1) is 0 Å². The van der Waals surface area contributed by atoms with Crippen molar-refractivity contribution < 1.29 is 4.79 Å². The zero-order valence-corrected chi connectivity index (χ0v) is 8.79. The lowest BCUT2D eigenvalue weighted by atomic mass is 10.2. The summed E-state index contributed by atoms with van der Waals surface area (Å²) in [5.41, 5.74) is 0.958. The number of allylic oxidation sites excluding steroid dienone is 2. The van der Waals surface area contributed by atoms with Gasteiger partial charge in [0, 0.05) is 6.08 Å². The minimum atomic E-state index is -0.228. The highest BCUT2D eigenvalue weighted by Crippen LogP contribution is 2.07. The normalized spacial score (nSPS) is 10.1. The monoisotopic (exact) mass is 226 g/mol. The Hall–Kier alpha value is -1.05. The summed E-state index contributed by atoms with van der Waals surface area (Å²) in [6.45, 7) is 0. The molecule has 0 aliphatic carbocycles. The van der Waals surface area contributed by atoms with E-state index in [2.05, 4.69) is 0 Å². The molecule has 3 heteroatoms. The van der Waals surface area contributed by atoms with E-state index < -0.39 is 0 Å². The van der Waals surface area contributed by atoms with E-state index in [9.17, 15) is 4.79 Å². The predicted octanol–water partition coefficient (Wildman–Crippen LogP) is 3.59. The van der Waals surface area contributed by atoms with Gasteiger partial charge in [-0.25, -0.2) is 0 Å². The van der Waals surface area contributed by atoms with Gasteiger partial charge in [-0.3, -0.25) is 4.79 Å². The van der Waals surface area contributed by atoms with Gasteiger partial charge < -0.3 is 0 Å². The molecule has 0 saturated heterocycles. The summed E-state index contributed by atoms with van der Waals surface area (Å²) in [6, 6.07) is 9.50. The Labute approximate surface area is 92.6 Å². The number of carbonyl (C=O) groups is 1. The van der Waals surface area contributed by atoms with Gasteiger partial charge in [0.15, 0.2) is 5.78 Å². The first-order valence-corrected chi connectivity index (χ1v) is 4.74. The molecule has 1 nitrogen and oxygen atoms in total. The highest BCUT2D eigenvalue weighted by molar-refractivity contribution is 6.56. The van der Waals surface area contributed by atoms with E-state index in [4.69, 9.17) is 23.2 Å². The van der Waals surface area contributed by atoms with E-state index in [-0.39, 0.29) is 10.3 Å². The first kappa shape index (κ1) is 11.0. The van der Waals surface area contributed by atoms with Crippen LogP contribution in [0.1, 0.15) is 5.56 Å². The third kappa shape index (κ3) is 4.26. The minimum absolute atomic E-state index is 0.0345. The number of carbonyl (C=O) groups excluding carboxylic acids is 1. The van der Waals surface area contributed by atoms with Crippen LogP contribution in [0.25, 0.3) is 6.08 Å². The Morgan fingerprint density at radius 3 is 2.36 bits per heavy atom. The van der Waals surface area contributed by atoms with Gasteiger partial charge >= 0.3 is 0 Å². The van der Waals surface area contributed by atoms with Gasteiger partial charge in [0.2, 0.25) is 0 Å². The average Bonchev–Trinajstić information content (AvgIpc) is 2.15. The zero-order valence-electron chi connectivity index (χ0n) is 7.28. The van der Waals surface area contributed by atoms with Crippen LogP contribution in [0, 0.1) is 0 Å². The zero-order chi connectivity index (χ0) is 10.4. The molecule has 0 radical (unpaired) electrons. The second kappa shape index (κ2) is 5.63. The standard InChI is InChI=1S/C11H8Cl2O/c12-11(13)8-10(14)7-6-9-4-2-1-3-5-9/h1-8H. The maximum absolute atomic E-state index is 11.1. The lowest BCUT2D eigenvalue weighted by Gasteiger charge is -1.89. The molecular formula is C11H8Cl2O. The summed E-state index contributed by atoms with van der Waals surface area (Å²) in [4.78, 5) is 11.1. The summed E-state index contributed by atoms with van der Waals surface area (Å²) in [5.74, 6) is -0.228. The largest absolute Gasteiger partial charge is 0.290 e. The Bertz CT molecular complexity index is 362. The van der Waals surface area contributed by atoms with Crippen molar-refractivity contribution in [2.24, 2.45) is 0 Å². The molecule has 1 aromatic carbocycles. The third-order valence-electron chi connectivity index (χ3n) is 1.49. The Kier molecular flexibility index (Phi) is 4.44. The Morgan fingerprint density at radius 1 is 1.14 bits per heavy atom. The number of halogens is 2. The maximum atomic E-state index is 11.1. The molecule has 0 aromatic heterocycles. The molecule has 0 aliphatic rings. The van der Waals surface area contributed by atoms with Gasteiger partial charge in [0.1, 0.15) is 4.49 Å². The van der Waals surface area contributed by atoms with Gasteiger partial charge in [0.25, 0.3) is 0 Å². The lowest BCUT2D eigenvalue weighted by Crippen LogP contribution is -1.84. The summed E-state index contributed by atoms with van der Waals surface area (Å²) in [5, 5.41) is 0. The maximum Gasteiger partial charge on any atom is 0.181 e.